The van der Waals surface area contributed by atoms with Crippen molar-refractivity contribution in [2.75, 3.05) is 19.0 Å². The highest BCUT2D eigenvalue weighted by Gasteiger charge is 2.13. The van der Waals surface area contributed by atoms with Gasteiger partial charge in [-0.05, 0) is 66.3 Å². The van der Waals surface area contributed by atoms with E-state index in [-0.39, 0.29) is 5.97 Å². The summed E-state index contributed by atoms with van der Waals surface area (Å²) in [6, 6.07) is 7.04. The Morgan fingerprint density at radius 1 is 1.36 bits per heavy atom. The Labute approximate surface area is 161 Å². The molecule has 0 spiro atoms. The number of nitrogens with one attached hydrogen (secondary N) is 1. The summed E-state index contributed by atoms with van der Waals surface area (Å²) in [5.74, 6) is -0.327. The zero-order chi connectivity index (χ0) is 18.4. The van der Waals surface area contributed by atoms with E-state index >= 15 is 0 Å². The van der Waals surface area contributed by atoms with Gasteiger partial charge in [-0.15, -0.1) is 0 Å². The Morgan fingerprint density at radius 3 is 2.64 bits per heavy atom. The molecule has 0 aliphatic carbocycles. The van der Waals surface area contributed by atoms with Crippen LogP contribution in [0.1, 0.15) is 29.9 Å². The van der Waals surface area contributed by atoms with Crippen molar-refractivity contribution < 1.29 is 9.53 Å². The Morgan fingerprint density at radius 2 is 2.04 bits per heavy atom. The summed E-state index contributed by atoms with van der Waals surface area (Å²) in [6.45, 7) is 5.61. The van der Waals surface area contributed by atoms with Crippen molar-refractivity contribution in [1.29, 1.82) is 0 Å². The van der Waals surface area contributed by atoms with Crippen LogP contribution in [0.3, 0.4) is 0 Å². The molecule has 0 amide bonds. The van der Waals surface area contributed by atoms with Gasteiger partial charge in [0.1, 0.15) is 0 Å². The molecule has 8 heteroatoms. The van der Waals surface area contributed by atoms with Crippen LogP contribution in [0.25, 0.3) is 0 Å². The molecular weight excluding hydrogens is 404 g/mol. The number of carbonyl (C=O) groups excluding carboxylic acids is 1. The van der Waals surface area contributed by atoms with Gasteiger partial charge in [0.2, 0.25) is 0 Å². The van der Waals surface area contributed by atoms with E-state index in [4.69, 9.17) is 17.0 Å². The van der Waals surface area contributed by atoms with Gasteiger partial charge in [0.25, 0.3) is 0 Å². The van der Waals surface area contributed by atoms with Gasteiger partial charge in [-0.3, -0.25) is 4.68 Å². The number of hydrogen-bond donors (Lipinski definition) is 1. The molecule has 25 heavy (non-hydrogen) atoms. The predicted molar refractivity (Wildman–Crippen MR) is 106 cm³/mol. The Balaban J connectivity index is 1.99. The van der Waals surface area contributed by atoms with Crippen LogP contribution in [-0.4, -0.2) is 39.4 Å². The number of aryl methyl sites for hydroxylation is 1. The number of hydrogen-bond acceptors (Lipinski definition) is 4. The molecule has 0 fully saturated rings. The number of halogens is 1. The SMILES string of the molecule is CCOC(=O)c1ccc(NC(=S)N(C)Cc2c(Br)cnn2CC)cc1. The van der Waals surface area contributed by atoms with E-state index in [1.165, 1.54) is 0 Å². The van der Waals surface area contributed by atoms with Crippen molar-refractivity contribution >= 4 is 44.9 Å². The van der Waals surface area contributed by atoms with Crippen LogP contribution in [0, 0.1) is 0 Å². The molecule has 0 aliphatic heterocycles. The second kappa shape index (κ2) is 8.96. The fourth-order valence-electron chi connectivity index (χ4n) is 2.24. The Bertz CT molecular complexity index is 746. The molecule has 2 rings (SSSR count). The van der Waals surface area contributed by atoms with Gasteiger partial charge >= 0.3 is 5.97 Å². The summed E-state index contributed by atoms with van der Waals surface area (Å²) < 4.78 is 7.86. The summed E-state index contributed by atoms with van der Waals surface area (Å²) in [6.07, 6.45) is 1.79. The third-order valence-corrected chi connectivity index (χ3v) is 4.65. The van der Waals surface area contributed by atoms with Crippen LogP contribution >= 0.6 is 28.1 Å². The smallest absolute Gasteiger partial charge is 0.338 e. The molecule has 1 N–H and O–H groups in total. The van der Waals surface area contributed by atoms with Gasteiger partial charge < -0.3 is 15.0 Å². The second-order valence-corrected chi connectivity index (χ2v) is 6.58. The monoisotopic (exact) mass is 424 g/mol. The first kappa shape index (κ1) is 19.4. The maximum atomic E-state index is 11.7. The highest BCUT2D eigenvalue weighted by Crippen LogP contribution is 2.18. The van der Waals surface area contributed by atoms with Crippen LogP contribution in [0.5, 0.6) is 0 Å². The van der Waals surface area contributed by atoms with E-state index < -0.39 is 0 Å². The summed E-state index contributed by atoms with van der Waals surface area (Å²) in [5.41, 5.74) is 2.39. The first-order valence-electron chi connectivity index (χ1n) is 7.95. The average molecular weight is 425 g/mol. The van der Waals surface area contributed by atoms with E-state index in [9.17, 15) is 4.79 Å². The first-order chi connectivity index (χ1) is 12.0. The van der Waals surface area contributed by atoms with E-state index in [1.807, 2.05) is 23.6 Å². The molecular formula is C17H21BrN4O2S. The molecule has 0 saturated heterocycles. The van der Waals surface area contributed by atoms with Crippen molar-refractivity contribution in [2.24, 2.45) is 0 Å². The number of thiocarbonyl (C=S) groups is 1. The van der Waals surface area contributed by atoms with Crippen molar-refractivity contribution in [3.8, 4) is 0 Å². The molecule has 0 unspecified atom stereocenters. The summed E-state index contributed by atoms with van der Waals surface area (Å²) in [4.78, 5) is 13.6. The van der Waals surface area contributed by atoms with Gasteiger partial charge in [0.15, 0.2) is 5.11 Å². The van der Waals surface area contributed by atoms with Crippen LogP contribution in [0.15, 0.2) is 34.9 Å². The zero-order valence-electron chi connectivity index (χ0n) is 14.5. The number of rotatable bonds is 6. The average Bonchev–Trinajstić information content (AvgIpc) is 2.95. The van der Waals surface area contributed by atoms with E-state index in [0.29, 0.717) is 23.8 Å². The van der Waals surface area contributed by atoms with Crippen molar-refractivity contribution in [1.82, 2.24) is 14.7 Å². The van der Waals surface area contributed by atoms with Crippen molar-refractivity contribution in [3.63, 3.8) is 0 Å². The highest BCUT2D eigenvalue weighted by atomic mass is 79.9. The molecule has 1 heterocycles. The molecule has 0 atom stereocenters. The number of carbonyl (C=O) groups is 1. The predicted octanol–water partition coefficient (Wildman–Crippen LogP) is 3.67. The lowest BCUT2D eigenvalue weighted by Crippen LogP contribution is -2.31. The fraction of sp³-hybridized carbons (Fsp3) is 0.353. The van der Waals surface area contributed by atoms with Crippen LogP contribution in [0.4, 0.5) is 5.69 Å². The largest absolute Gasteiger partial charge is 0.462 e. The van der Waals surface area contributed by atoms with Crippen LogP contribution in [-0.2, 0) is 17.8 Å². The topological polar surface area (TPSA) is 59.4 Å². The molecule has 0 aliphatic rings. The summed E-state index contributed by atoms with van der Waals surface area (Å²) in [5, 5.41) is 8.06. The van der Waals surface area contributed by atoms with E-state index in [0.717, 1.165) is 22.4 Å². The molecule has 2 aromatic rings. The third-order valence-electron chi connectivity index (χ3n) is 3.58. The second-order valence-electron chi connectivity index (χ2n) is 5.34. The summed E-state index contributed by atoms with van der Waals surface area (Å²) in [7, 11) is 1.92. The number of anilines is 1. The van der Waals surface area contributed by atoms with Gasteiger partial charge in [0, 0.05) is 19.3 Å². The van der Waals surface area contributed by atoms with Gasteiger partial charge in [-0.2, -0.15) is 5.10 Å². The Kier molecular flexibility index (Phi) is 6.95. The van der Waals surface area contributed by atoms with Gasteiger partial charge in [-0.1, -0.05) is 0 Å². The maximum Gasteiger partial charge on any atom is 0.338 e. The molecule has 1 aromatic heterocycles. The number of esters is 1. The minimum Gasteiger partial charge on any atom is -0.462 e. The fourth-order valence-corrected chi connectivity index (χ4v) is 2.84. The van der Waals surface area contributed by atoms with E-state index in [2.05, 4.69) is 26.3 Å². The quantitative estimate of drug-likeness (QED) is 0.563. The molecule has 134 valence electrons. The molecule has 0 radical (unpaired) electrons. The summed E-state index contributed by atoms with van der Waals surface area (Å²) >= 11 is 8.98. The first-order valence-corrected chi connectivity index (χ1v) is 9.15. The van der Waals surface area contributed by atoms with Crippen molar-refractivity contribution in [3.05, 3.63) is 46.2 Å². The molecule has 6 nitrogen and oxygen atoms in total. The Hall–Kier alpha value is -1.93. The lowest BCUT2D eigenvalue weighted by molar-refractivity contribution is 0.0526. The lowest BCUT2D eigenvalue weighted by Gasteiger charge is -2.21. The van der Waals surface area contributed by atoms with Crippen molar-refractivity contribution in [2.45, 2.75) is 26.9 Å². The maximum absolute atomic E-state index is 11.7. The number of benzene rings is 1. The minimum atomic E-state index is -0.327. The molecule has 1 aromatic carbocycles. The van der Waals surface area contributed by atoms with Gasteiger partial charge in [0.05, 0.1) is 35.1 Å². The third kappa shape index (κ3) is 5.02. The van der Waals surface area contributed by atoms with Crippen LogP contribution < -0.4 is 5.32 Å². The minimum absolute atomic E-state index is 0.327. The molecule has 0 bridgehead atoms. The van der Waals surface area contributed by atoms with Crippen LogP contribution in [0.2, 0.25) is 0 Å². The highest BCUT2D eigenvalue weighted by molar-refractivity contribution is 9.10. The number of ether oxygens (including phenoxy) is 1. The standard InChI is InChI=1S/C17H21BrN4O2S/c1-4-22-15(14(18)10-19-22)11-21(3)17(25)20-13-8-6-12(7-9-13)16(23)24-5-2/h6-10H,4-5,11H2,1-3H3,(H,20,25). The number of nitrogens with zero attached hydrogens (tertiary/aromatic N) is 3. The lowest BCUT2D eigenvalue weighted by atomic mass is 10.2. The van der Waals surface area contributed by atoms with E-state index in [1.54, 1.807) is 37.4 Å². The zero-order valence-corrected chi connectivity index (χ0v) is 16.9. The molecule has 0 saturated carbocycles. The number of aromatic nitrogens is 2. The normalized spacial score (nSPS) is 10.4. The van der Waals surface area contributed by atoms with Gasteiger partial charge in [-0.25, -0.2) is 4.79 Å².